The van der Waals surface area contributed by atoms with Gasteiger partial charge in [0.15, 0.2) is 0 Å². The summed E-state index contributed by atoms with van der Waals surface area (Å²) in [4.78, 5) is 32.8. The van der Waals surface area contributed by atoms with E-state index in [-0.39, 0.29) is 11.3 Å². The molecule has 1 N–H and O–H groups in total. The van der Waals surface area contributed by atoms with Crippen LogP contribution in [0.25, 0.3) is 5.76 Å². The fraction of sp³-hybridized carbons (Fsp3) is 0.250. The molecule has 1 saturated heterocycles. The van der Waals surface area contributed by atoms with Crippen molar-refractivity contribution in [1.82, 2.24) is 14.8 Å². The van der Waals surface area contributed by atoms with E-state index in [1.54, 1.807) is 48.8 Å². The lowest BCUT2D eigenvalue weighted by Crippen LogP contribution is -2.35. The summed E-state index contributed by atoms with van der Waals surface area (Å²) in [6.45, 7) is 0.996. The third-order valence-corrected chi connectivity index (χ3v) is 4.40. The highest BCUT2D eigenvalue weighted by atomic mass is 16.3. The van der Waals surface area contributed by atoms with Crippen molar-refractivity contribution in [3.8, 4) is 0 Å². The molecule has 134 valence electrons. The maximum absolute atomic E-state index is 12.7. The number of amides is 1. The number of pyridine rings is 1. The van der Waals surface area contributed by atoms with Crippen LogP contribution in [0.2, 0.25) is 0 Å². The molecule has 1 atom stereocenters. The van der Waals surface area contributed by atoms with Gasteiger partial charge in [0, 0.05) is 31.0 Å². The number of benzene rings is 1. The normalized spacial score (nSPS) is 19.3. The lowest BCUT2D eigenvalue weighted by molar-refractivity contribution is -0.140. The van der Waals surface area contributed by atoms with Gasteiger partial charge in [-0.3, -0.25) is 14.6 Å². The molecule has 3 rings (SSSR count). The monoisotopic (exact) mass is 351 g/mol. The van der Waals surface area contributed by atoms with E-state index >= 15 is 0 Å². The molecular formula is C20H21N3O3. The van der Waals surface area contributed by atoms with E-state index in [0.717, 1.165) is 5.56 Å². The summed E-state index contributed by atoms with van der Waals surface area (Å²) < 4.78 is 0. The van der Waals surface area contributed by atoms with Crippen molar-refractivity contribution < 1.29 is 14.7 Å². The minimum Gasteiger partial charge on any atom is -0.507 e. The molecule has 0 saturated carbocycles. The first-order valence-electron chi connectivity index (χ1n) is 8.39. The van der Waals surface area contributed by atoms with Crippen LogP contribution in [0.15, 0.2) is 60.4 Å². The summed E-state index contributed by atoms with van der Waals surface area (Å²) >= 11 is 0. The Morgan fingerprint density at radius 1 is 1.12 bits per heavy atom. The number of hydrogen-bond donors (Lipinski definition) is 1. The second-order valence-electron chi connectivity index (χ2n) is 6.44. The molecule has 0 spiro atoms. The summed E-state index contributed by atoms with van der Waals surface area (Å²) in [5.74, 6) is -1.41. The minimum atomic E-state index is -0.660. The molecule has 0 aliphatic carbocycles. The average molecular weight is 351 g/mol. The molecule has 26 heavy (non-hydrogen) atoms. The van der Waals surface area contributed by atoms with Crippen LogP contribution in [0.5, 0.6) is 0 Å². The zero-order valence-corrected chi connectivity index (χ0v) is 14.8. The first-order chi connectivity index (χ1) is 12.5. The van der Waals surface area contributed by atoms with Gasteiger partial charge in [-0.05, 0) is 31.8 Å². The standard InChI is InChI=1S/C20H21N3O3/c1-22(2)12-13-23-17(14-8-10-21-11-9-14)16(19(25)20(23)26)18(24)15-6-4-3-5-7-15/h3-11,17,24H,12-13H2,1-2H3/b18-16-. The Morgan fingerprint density at radius 2 is 1.77 bits per heavy atom. The van der Waals surface area contributed by atoms with E-state index in [1.807, 2.05) is 25.1 Å². The van der Waals surface area contributed by atoms with Gasteiger partial charge in [-0.25, -0.2) is 0 Å². The van der Waals surface area contributed by atoms with E-state index in [4.69, 9.17) is 0 Å². The van der Waals surface area contributed by atoms with Crippen LogP contribution in [0.3, 0.4) is 0 Å². The Morgan fingerprint density at radius 3 is 2.38 bits per heavy atom. The molecule has 6 nitrogen and oxygen atoms in total. The molecule has 2 aromatic rings. The zero-order chi connectivity index (χ0) is 18.7. The third kappa shape index (κ3) is 3.36. The highest BCUT2D eigenvalue weighted by Crippen LogP contribution is 2.38. The number of likely N-dealkylation sites (tertiary alicyclic amines) is 1. The van der Waals surface area contributed by atoms with Crippen LogP contribution in [-0.4, -0.2) is 58.8 Å². The van der Waals surface area contributed by atoms with E-state index in [0.29, 0.717) is 18.7 Å². The maximum atomic E-state index is 12.7. The second kappa shape index (κ2) is 7.49. The summed E-state index contributed by atoms with van der Waals surface area (Å²) in [5, 5.41) is 10.8. The largest absolute Gasteiger partial charge is 0.507 e. The van der Waals surface area contributed by atoms with Gasteiger partial charge >= 0.3 is 0 Å². The Bertz CT molecular complexity index is 832. The van der Waals surface area contributed by atoms with Crippen molar-refractivity contribution >= 4 is 17.4 Å². The Labute approximate surface area is 152 Å². The van der Waals surface area contributed by atoms with Gasteiger partial charge in [-0.15, -0.1) is 0 Å². The third-order valence-electron chi connectivity index (χ3n) is 4.40. The quantitative estimate of drug-likeness (QED) is 0.507. The number of carbonyl (C=O) groups excluding carboxylic acids is 2. The van der Waals surface area contributed by atoms with E-state index < -0.39 is 17.7 Å². The first kappa shape index (κ1) is 17.8. The van der Waals surface area contributed by atoms with Gasteiger partial charge < -0.3 is 14.9 Å². The van der Waals surface area contributed by atoms with Crippen LogP contribution < -0.4 is 0 Å². The second-order valence-corrected chi connectivity index (χ2v) is 6.44. The molecule has 1 fully saturated rings. The van der Waals surface area contributed by atoms with Crippen LogP contribution >= 0.6 is 0 Å². The predicted octanol–water partition coefficient (Wildman–Crippen LogP) is 2.06. The van der Waals surface area contributed by atoms with Crippen molar-refractivity contribution in [3.05, 3.63) is 71.6 Å². The number of Topliss-reactive ketones (excluding diaryl/α,β-unsaturated/α-hetero) is 1. The fourth-order valence-electron chi connectivity index (χ4n) is 3.06. The number of likely N-dealkylation sites (N-methyl/N-ethyl adjacent to an activating group) is 1. The highest BCUT2D eigenvalue weighted by molar-refractivity contribution is 6.46. The summed E-state index contributed by atoms with van der Waals surface area (Å²) in [5.41, 5.74) is 1.37. The Balaban J connectivity index is 2.12. The van der Waals surface area contributed by atoms with E-state index in [1.165, 1.54) is 4.90 Å². The van der Waals surface area contributed by atoms with Crippen LogP contribution in [0, 0.1) is 0 Å². The fourth-order valence-corrected chi connectivity index (χ4v) is 3.06. The topological polar surface area (TPSA) is 73.7 Å². The van der Waals surface area contributed by atoms with E-state index in [2.05, 4.69) is 4.98 Å². The Kier molecular flexibility index (Phi) is 5.14. The van der Waals surface area contributed by atoms with Crippen molar-refractivity contribution in [2.45, 2.75) is 6.04 Å². The molecule has 1 aliphatic heterocycles. The number of aliphatic hydroxyl groups excluding tert-OH is 1. The summed E-state index contributed by atoms with van der Waals surface area (Å²) in [6, 6.07) is 11.7. The number of aliphatic hydroxyl groups is 1. The number of aromatic nitrogens is 1. The van der Waals surface area contributed by atoms with Crippen molar-refractivity contribution in [1.29, 1.82) is 0 Å². The van der Waals surface area contributed by atoms with Crippen LogP contribution in [-0.2, 0) is 9.59 Å². The molecule has 6 heteroatoms. The summed E-state index contributed by atoms with van der Waals surface area (Å²) in [6.07, 6.45) is 3.23. The highest BCUT2D eigenvalue weighted by Gasteiger charge is 2.45. The van der Waals surface area contributed by atoms with Crippen LogP contribution in [0.1, 0.15) is 17.2 Å². The van der Waals surface area contributed by atoms with Gasteiger partial charge in [-0.1, -0.05) is 30.3 Å². The maximum Gasteiger partial charge on any atom is 0.295 e. The van der Waals surface area contributed by atoms with Crippen molar-refractivity contribution in [3.63, 3.8) is 0 Å². The van der Waals surface area contributed by atoms with Crippen molar-refractivity contribution in [2.75, 3.05) is 27.2 Å². The molecule has 1 aliphatic rings. The van der Waals surface area contributed by atoms with Gasteiger partial charge in [0.2, 0.25) is 0 Å². The van der Waals surface area contributed by atoms with Gasteiger partial charge in [0.05, 0.1) is 11.6 Å². The van der Waals surface area contributed by atoms with Gasteiger partial charge in [-0.2, -0.15) is 0 Å². The van der Waals surface area contributed by atoms with Gasteiger partial charge in [0.25, 0.3) is 11.7 Å². The Hall–Kier alpha value is -2.99. The predicted molar refractivity (Wildman–Crippen MR) is 98.2 cm³/mol. The van der Waals surface area contributed by atoms with Crippen LogP contribution in [0.4, 0.5) is 0 Å². The molecule has 2 heterocycles. The molecule has 1 aromatic heterocycles. The lowest BCUT2D eigenvalue weighted by Gasteiger charge is -2.26. The molecular weight excluding hydrogens is 330 g/mol. The molecule has 1 amide bonds. The smallest absolute Gasteiger partial charge is 0.295 e. The number of rotatable bonds is 5. The number of ketones is 1. The van der Waals surface area contributed by atoms with Crippen molar-refractivity contribution in [2.24, 2.45) is 0 Å². The average Bonchev–Trinajstić information content (AvgIpc) is 2.91. The molecule has 0 bridgehead atoms. The number of carbonyl (C=O) groups is 2. The van der Waals surface area contributed by atoms with E-state index in [9.17, 15) is 14.7 Å². The summed E-state index contributed by atoms with van der Waals surface area (Å²) in [7, 11) is 3.81. The lowest BCUT2D eigenvalue weighted by atomic mass is 9.96. The minimum absolute atomic E-state index is 0.117. The molecule has 1 aromatic carbocycles. The molecule has 1 unspecified atom stereocenters. The zero-order valence-electron chi connectivity index (χ0n) is 14.8. The number of hydrogen-bond acceptors (Lipinski definition) is 5. The molecule has 0 radical (unpaired) electrons. The SMILES string of the molecule is CN(C)CCN1C(=O)C(=O)/C(=C(\O)c2ccccc2)C1c1ccncc1. The first-order valence-corrected chi connectivity index (χ1v) is 8.39. The number of nitrogens with zero attached hydrogens (tertiary/aromatic N) is 3. The van der Waals surface area contributed by atoms with Gasteiger partial charge in [0.1, 0.15) is 5.76 Å².